The first-order valence-electron chi connectivity index (χ1n) is 11.1. The molecule has 0 radical (unpaired) electrons. The van der Waals surface area contributed by atoms with Gasteiger partial charge in [-0.25, -0.2) is 9.48 Å². The molecular formula is C24H26ClN5O5. The van der Waals surface area contributed by atoms with E-state index in [9.17, 15) is 19.7 Å². The molecule has 1 aliphatic rings. The number of carbonyl (C=O) groups is 2. The van der Waals surface area contributed by atoms with Crippen LogP contribution in [0.5, 0.6) is 0 Å². The number of nitro benzene ring substituents is 1. The molecule has 1 aromatic heterocycles. The summed E-state index contributed by atoms with van der Waals surface area (Å²) in [6, 6.07) is 12.7. The van der Waals surface area contributed by atoms with Gasteiger partial charge in [0.05, 0.1) is 45.9 Å². The van der Waals surface area contributed by atoms with E-state index < -0.39 is 16.8 Å². The van der Waals surface area contributed by atoms with Crippen LogP contribution in [-0.4, -0.2) is 46.3 Å². The number of para-hydroxylation sites is 1. The molecule has 35 heavy (non-hydrogen) atoms. The number of anilines is 1. The minimum absolute atomic E-state index is 0. The third kappa shape index (κ3) is 5.67. The summed E-state index contributed by atoms with van der Waals surface area (Å²) in [4.78, 5) is 36.3. The van der Waals surface area contributed by atoms with E-state index >= 15 is 0 Å². The second-order valence-corrected chi connectivity index (χ2v) is 7.87. The molecule has 0 unspecified atom stereocenters. The highest BCUT2D eigenvalue weighted by Gasteiger charge is 2.28. The Kier molecular flexibility index (Phi) is 8.56. The Balaban J connectivity index is 0.00000342. The minimum Gasteiger partial charge on any atom is -0.462 e. The summed E-state index contributed by atoms with van der Waals surface area (Å²) in [7, 11) is 0. The van der Waals surface area contributed by atoms with Gasteiger partial charge in [0.25, 0.3) is 11.6 Å². The Bertz CT molecular complexity index is 1210. The van der Waals surface area contributed by atoms with Gasteiger partial charge >= 0.3 is 5.97 Å². The van der Waals surface area contributed by atoms with Crippen LogP contribution in [0.25, 0.3) is 5.69 Å². The number of non-ortho nitro benzene ring substituents is 1. The zero-order chi connectivity index (χ0) is 24.1. The van der Waals surface area contributed by atoms with Crippen molar-refractivity contribution in [2.24, 2.45) is 0 Å². The molecule has 11 heteroatoms. The highest BCUT2D eigenvalue weighted by molar-refractivity contribution is 6.08. The fourth-order valence-electron chi connectivity index (χ4n) is 4.11. The standard InChI is InChI=1S/C24H25N5O5.ClH/c1-2-34-24(31)19-5-3-4-6-21(19)27-23(30)20-15-26-28(22(20)16-11-13-25-14-12-16)17-7-9-18(10-8-17)29(32)33;/h3-10,15-16,25H,2,11-14H2,1H3,(H,27,30);1H. The summed E-state index contributed by atoms with van der Waals surface area (Å²) < 4.78 is 6.77. The number of ether oxygens (including phenoxy) is 1. The number of hydrogen-bond donors (Lipinski definition) is 2. The first-order chi connectivity index (χ1) is 16.5. The van der Waals surface area contributed by atoms with E-state index in [0.29, 0.717) is 16.9 Å². The SMILES string of the molecule is CCOC(=O)c1ccccc1NC(=O)c1cnn(-c2ccc([N+](=O)[O-])cc2)c1C1CCNCC1.Cl. The van der Waals surface area contributed by atoms with Gasteiger partial charge in [0, 0.05) is 18.1 Å². The van der Waals surface area contributed by atoms with Crippen LogP contribution < -0.4 is 10.6 Å². The largest absolute Gasteiger partial charge is 0.462 e. The Labute approximate surface area is 208 Å². The van der Waals surface area contributed by atoms with Crippen LogP contribution >= 0.6 is 12.4 Å². The molecule has 1 amide bonds. The fourth-order valence-corrected chi connectivity index (χ4v) is 4.11. The highest BCUT2D eigenvalue weighted by atomic mass is 35.5. The van der Waals surface area contributed by atoms with Crippen molar-refractivity contribution in [3.63, 3.8) is 0 Å². The van der Waals surface area contributed by atoms with Crippen molar-refractivity contribution in [1.29, 1.82) is 0 Å². The van der Waals surface area contributed by atoms with Gasteiger partial charge in [0.1, 0.15) is 0 Å². The van der Waals surface area contributed by atoms with Gasteiger partial charge in [0.2, 0.25) is 0 Å². The van der Waals surface area contributed by atoms with E-state index in [4.69, 9.17) is 4.74 Å². The summed E-state index contributed by atoms with van der Waals surface area (Å²) in [5, 5.41) is 21.7. The molecular weight excluding hydrogens is 474 g/mol. The summed E-state index contributed by atoms with van der Waals surface area (Å²) in [5.41, 5.74) is 2.36. The van der Waals surface area contributed by atoms with Crippen LogP contribution in [0.4, 0.5) is 11.4 Å². The van der Waals surface area contributed by atoms with E-state index in [2.05, 4.69) is 15.7 Å². The van der Waals surface area contributed by atoms with Crippen molar-refractivity contribution in [3.8, 4) is 5.69 Å². The molecule has 1 saturated heterocycles. The number of esters is 1. The van der Waals surface area contributed by atoms with Gasteiger partial charge in [-0.3, -0.25) is 14.9 Å². The van der Waals surface area contributed by atoms with Crippen molar-refractivity contribution < 1.29 is 19.2 Å². The lowest BCUT2D eigenvalue weighted by Crippen LogP contribution is -2.29. The number of benzene rings is 2. The number of halogens is 1. The smallest absolute Gasteiger partial charge is 0.340 e. The van der Waals surface area contributed by atoms with E-state index in [-0.39, 0.29) is 36.2 Å². The number of rotatable bonds is 7. The molecule has 2 aromatic carbocycles. The van der Waals surface area contributed by atoms with Crippen molar-refractivity contribution >= 4 is 35.7 Å². The molecule has 184 valence electrons. The van der Waals surface area contributed by atoms with E-state index in [1.165, 1.54) is 18.3 Å². The Morgan fingerprint density at radius 2 is 1.83 bits per heavy atom. The molecule has 0 spiro atoms. The third-order valence-corrected chi connectivity index (χ3v) is 5.75. The van der Waals surface area contributed by atoms with Gasteiger partial charge in [-0.05, 0) is 57.1 Å². The van der Waals surface area contributed by atoms with Crippen LogP contribution in [0.15, 0.2) is 54.7 Å². The van der Waals surface area contributed by atoms with Crippen LogP contribution in [-0.2, 0) is 4.74 Å². The van der Waals surface area contributed by atoms with Crippen LogP contribution in [0, 0.1) is 10.1 Å². The normalized spacial score (nSPS) is 13.5. The molecule has 2 heterocycles. The second-order valence-electron chi connectivity index (χ2n) is 7.87. The van der Waals surface area contributed by atoms with Crippen molar-refractivity contribution in [2.75, 3.05) is 25.0 Å². The molecule has 3 aromatic rings. The molecule has 0 atom stereocenters. The van der Waals surface area contributed by atoms with Gasteiger partial charge in [0.15, 0.2) is 0 Å². The molecule has 1 fully saturated rings. The predicted octanol–water partition coefficient (Wildman–Crippen LogP) is 4.10. The Hall–Kier alpha value is -3.76. The number of nitro groups is 1. The van der Waals surface area contributed by atoms with Gasteiger partial charge in [-0.15, -0.1) is 12.4 Å². The second kappa shape index (κ2) is 11.6. The molecule has 10 nitrogen and oxygen atoms in total. The summed E-state index contributed by atoms with van der Waals surface area (Å²) in [5.74, 6) is -0.836. The lowest BCUT2D eigenvalue weighted by molar-refractivity contribution is -0.384. The Morgan fingerprint density at radius 1 is 1.14 bits per heavy atom. The zero-order valence-corrected chi connectivity index (χ0v) is 19.9. The number of nitrogens with one attached hydrogen (secondary N) is 2. The summed E-state index contributed by atoms with van der Waals surface area (Å²) in [6.07, 6.45) is 3.14. The molecule has 0 aliphatic carbocycles. The number of amides is 1. The number of aromatic nitrogens is 2. The number of piperidine rings is 1. The monoisotopic (exact) mass is 499 g/mol. The third-order valence-electron chi connectivity index (χ3n) is 5.75. The topological polar surface area (TPSA) is 128 Å². The van der Waals surface area contributed by atoms with Gasteiger partial charge in [-0.2, -0.15) is 5.10 Å². The highest BCUT2D eigenvalue weighted by Crippen LogP contribution is 2.31. The van der Waals surface area contributed by atoms with Gasteiger partial charge in [-0.1, -0.05) is 12.1 Å². The first-order valence-corrected chi connectivity index (χ1v) is 11.1. The fraction of sp³-hybridized carbons (Fsp3) is 0.292. The number of hydrogen-bond acceptors (Lipinski definition) is 7. The minimum atomic E-state index is -0.515. The molecule has 2 N–H and O–H groups in total. The Morgan fingerprint density at radius 3 is 2.49 bits per heavy atom. The average Bonchev–Trinajstić information content (AvgIpc) is 3.30. The van der Waals surface area contributed by atoms with Crippen LogP contribution in [0.3, 0.4) is 0 Å². The lowest BCUT2D eigenvalue weighted by Gasteiger charge is -2.24. The van der Waals surface area contributed by atoms with Crippen LogP contribution in [0.1, 0.15) is 52.1 Å². The molecule has 4 rings (SSSR count). The molecule has 1 aliphatic heterocycles. The predicted molar refractivity (Wildman–Crippen MR) is 133 cm³/mol. The molecule has 0 bridgehead atoms. The summed E-state index contributed by atoms with van der Waals surface area (Å²) >= 11 is 0. The van der Waals surface area contributed by atoms with E-state index in [1.807, 2.05) is 0 Å². The van der Waals surface area contributed by atoms with Gasteiger partial charge < -0.3 is 15.4 Å². The number of carbonyl (C=O) groups excluding carboxylic acids is 2. The van der Waals surface area contributed by atoms with Crippen LogP contribution in [0.2, 0.25) is 0 Å². The quantitative estimate of drug-likeness (QED) is 0.284. The van der Waals surface area contributed by atoms with Crippen molar-refractivity contribution in [3.05, 3.63) is 81.7 Å². The maximum atomic E-state index is 13.4. The maximum absolute atomic E-state index is 13.4. The lowest BCUT2D eigenvalue weighted by atomic mass is 9.91. The maximum Gasteiger partial charge on any atom is 0.340 e. The average molecular weight is 500 g/mol. The number of nitrogens with zero attached hydrogens (tertiary/aromatic N) is 3. The molecule has 0 saturated carbocycles. The summed E-state index contributed by atoms with van der Waals surface area (Å²) in [6.45, 7) is 3.56. The first kappa shape index (κ1) is 25.9. The van der Waals surface area contributed by atoms with Crippen molar-refractivity contribution in [2.45, 2.75) is 25.7 Å². The van der Waals surface area contributed by atoms with E-state index in [1.54, 1.807) is 48.0 Å². The van der Waals surface area contributed by atoms with Crippen molar-refractivity contribution in [1.82, 2.24) is 15.1 Å². The zero-order valence-electron chi connectivity index (χ0n) is 19.1. The van der Waals surface area contributed by atoms with E-state index in [0.717, 1.165) is 31.6 Å².